The van der Waals surface area contributed by atoms with Crippen LogP contribution in [0.4, 0.5) is 4.79 Å². The van der Waals surface area contributed by atoms with Gasteiger partial charge in [-0.2, -0.15) is 0 Å². The van der Waals surface area contributed by atoms with Crippen LogP contribution in [0.25, 0.3) is 0 Å². The van der Waals surface area contributed by atoms with Crippen LogP contribution >= 0.6 is 0 Å². The van der Waals surface area contributed by atoms with Crippen molar-refractivity contribution >= 4 is 6.03 Å². The van der Waals surface area contributed by atoms with E-state index >= 15 is 0 Å². The number of hydrogen-bond acceptors (Lipinski definition) is 4. The van der Waals surface area contributed by atoms with Crippen molar-refractivity contribution in [3.8, 4) is 5.88 Å². The minimum Gasteiger partial charge on any atom is -0.478 e. The third kappa shape index (κ3) is 4.43. The van der Waals surface area contributed by atoms with Crippen LogP contribution in [0.5, 0.6) is 5.88 Å². The first-order chi connectivity index (χ1) is 13.1. The Balaban J connectivity index is 1.35. The quantitative estimate of drug-likeness (QED) is 0.762. The lowest BCUT2D eigenvalue weighted by atomic mass is 10.2. The normalized spacial score (nSPS) is 21.0. The average Bonchev–Trinajstić information content (AvgIpc) is 3.58. The summed E-state index contributed by atoms with van der Waals surface area (Å²) in [6.07, 6.45) is 5.03. The second kappa shape index (κ2) is 7.62. The molecule has 4 rings (SSSR count). The van der Waals surface area contributed by atoms with E-state index in [-0.39, 0.29) is 6.03 Å². The van der Waals surface area contributed by atoms with Gasteiger partial charge in [0.1, 0.15) is 11.5 Å². The van der Waals surface area contributed by atoms with Gasteiger partial charge in [0.2, 0.25) is 5.88 Å². The molecule has 2 aromatic rings. The fourth-order valence-electron chi connectivity index (χ4n) is 3.38. The maximum atomic E-state index is 12.7. The standard InChI is InChI=1S/C21H27N3O3/c1-3-26-20-11-15(8-9-22-20)12-23-21(25)24(16-4-5-16)13-17-6-7-19(27-17)18-10-14(18)2/h6-9,11,14,16,18H,3-5,10,12-13H2,1-2H3,(H,23,25). The minimum absolute atomic E-state index is 0.0509. The summed E-state index contributed by atoms with van der Waals surface area (Å²) in [7, 11) is 0. The molecule has 6 heteroatoms. The Morgan fingerprint density at radius 1 is 1.37 bits per heavy atom. The number of carbonyl (C=O) groups is 1. The topological polar surface area (TPSA) is 67.6 Å². The molecule has 2 aliphatic rings. The predicted octanol–water partition coefficient (Wildman–Crippen LogP) is 4.07. The van der Waals surface area contributed by atoms with E-state index in [4.69, 9.17) is 9.15 Å². The molecule has 2 fully saturated rings. The lowest BCUT2D eigenvalue weighted by molar-refractivity contribution is 0.186. The van der Waals surface area contributed by atoms with Gasteiger partial charge in [-0.15, -0.1) is 0 Å². The summed E-state index contributed by atoms with van der Waals surface area (Å²) in [5.74, 6) is 3.80. The second-order valence-corrected chi connectivity index (χ2v) is 7.58. The Hall–Kier alpha value is -2.50. The van der Waals surface area contributed by atoms with Crippen LogP contribution in [0.15, 0.2) is 34.9 Å². The summed E-state index contributed by atoms with van der Waals surface area (Å²) in [6, 6.07) is 8.10. The van der Waals surface area contributed by atoms with Crippen molar-refractivity contribution in [1.82, 2.24) is 15.2 Å². The largest absolute Gasteiger partial charge is 0.478 e. The maximum absolute atomic E-state index is 12.7. The first kappa shape index (κ1) is 17.9. The zero-order valence-electron chi connectivity index (χ0n) is 16.0. The van der Waals surface area contributed by atoms with Crippen LogP contribution in [-0.2, 0) is 13.1 Å². The van der Waals surface area contributed by atoms with E-state index in [1.165, 1.54) is 6.42 Å². The van der Waals surface area contributed by atoms with E-state index in [1.807, 2.05) is 30.0 Å². The van der Waals surface area contributed by atoms with Crippen molar-refractivity contribution < 1.29 is 13.9 Å². The van der Waals surface area contributed by atoms with Crippen molar-refractivity contribution in [3.05, 3.63) is 47.5 Å². The van der Waals surface area contributed by atoms with Gasteiger partial charge in [-0.25, -0.2) is 9.78 Å². The molecule has 1 N–H and O–H groups in total. The van der Waals surface area contributed by atoms with E-state index in [2.05, 4.69) is 23.3 Å². The van der Waals surface area contributed by atoms with E-state index in [0.29, 0.717) is 43.5 Å². The Morgan fingerprint density at radius 3 is 2.89 bits per heavy atom. The fourth-order valence-corrected chi connectivity index (χ4v) is 3.38. The first-order valence-corrected chi connectivity index (χ1v) is 9.85. The molecule has 0 saturated heterocycles. The Labute approximate surface area is 159 Å². The van der Waals surface area contributed by atoms with Crippen LogP contribution < -0.4 is 10.1 Å². The van der Waals surface area contributed by atoms with Gasteiger partial charge in [0, 0.05) is 30.8 Å². The molecule has 6 nitrogen and oxygen atoms in total. The first-order valence-electron chi connectivity index (χ1n) is 9.85. The van der Waals surface area contributed by atoms with E-state index in [1.54, 1.807) is 6.20 Å². The molecule has 0 aliphatic heterocycles. The molecule has 2 saturated carbocycles. The molecule has 0 bridgehead atoms. The Bertz CT molecular complexity index is 799. The van der Waals surface area contributed by atoms with Gasteiger partial charge in [0.05, 0.1) is 13.2 Å². The molecule has 2 aliphatic carbocycles. The molecule has 0 aromatic carbocycles. The monoisotopic (exact) mass is 369 g/mol. The van der Waals surface area contributed by atoms with E-state index in [9.17, 15) is 4.79 Å². The van der Waals surface area contributed by atoms with Crippen molar-refractivity contribution in [3.63, 3.8) is 0 Å². The Kier molecular flexibility index (Phi) is 5.05. The number of aromatic nitrogens is 1. The lowest BCUT2D eigenvalue weighted by Crippen LogP contribution is -2.40. The molecule has 2 unspecified atom stereocenters. The summed E-state index contributed by atoms with van der Waals surface area (Å²) < 4.78 is 11.4. The number of amides is 2. The summed E-state index contributed by atoms with van der Waals surface area (Å²) >= 11 is 0. The van der Waals surface area contributed by atoms with Crippen LogP contribution in [0.2, 0.25) is 0 Å². The summed E-state index contributed by atoms with van der Waals surface area (Å²) in [5.41, 5.74) is 0.973. The van der Waals surface area contributed by atoms with Gasteiger partial charge < -0.3 is 19.4 Å². The molecule has 0 radical (unpaired) electrons. The molecule has 2 amide bonds. The SMILES string of the molecule is CCOc1cc(CNC(=O)N(Cc2ccc(C3CC3C)o2)C2CC2)ccn1. The number of carbonyl (C=O) groups excluding carboxylic acids is 1. The molecule has 2 heterocycles. The molecule has 2 aromatic heterocycles. The van der Waals surface area contributed by atoms with Crippen molar-refractivity contribution in [1.29, 1.82) is 0 Å². The predicted molar refractivity (Wildman–Crippen MR) is 101 cm³/mol. The van der Waals surface area contributed by atoms with Gasteiger partial charge in [0.15, 0.2) is 0 Å². The van der Waals surface area contributed by atoms with Crippen molar-refractivity contribution in [2.75, 3.05) is 6.61 Å². The zero-order valence-corrected chi connectivity index (χ0v) is 16.0. The van der Waals surface area contributed by atoms with Crippen LogP contribution in [0, 0.1) is 5.92 Å². The van der Waals surface area contributed by atoms with Crippen molar-refractivity contribution in [2.24, 2.45) is 5.92 Å². The number of ether oxygens (including phenoxy) is 1. The van der Waals surface area contributed by atoms with Gasteiger partial charge in [-0.3, -0.25) is 0 Å². The van der Waals surface area contributed by atoms with Crippen molar-refractivity contribution in [2.45, 2.75) is 58.2 Å². The van der Waals surface area contributed by atoms with Gasteiger partial charge in [-0.1, -0.05) is 6.92 Å². The Morgan fingerprint density at radius 2 is 2.19 bits per heavy atom. The maximum Gasteiger partial charge on any atom is 0.318 e. The van der Waals surface area contributed by atoms with Gasteiger partial charge in [-0.05, 0) is 55.9 Å². The third-order valence-electron chi connectivity index (χ3n) is 5.27. The number of hydrogen-bond donors (Lipinski definition) is 1. The molecule has 0 spiro atoms. The highest BCUT2D eigenvalue weighted by molar-refractivity contribution is 5.74. The number of nitrogens with zero attached hydrogens (tertiary/aromatic N) is 2. The zero-order chi connectivity index (χ0) is 18.8. The van der Waals surface area contributed by atoms with Gasteiger partial charge >= 0.3 is 6.03 Å². The summed E-state index contributed by atoms with van der Waals surface area (Å²) in [5, 5.41) is 3.02. The number of nitrogens with one attached hydrogen (secondary N) is 1. The molecule has 27 heavy (non-hydrogen) atoms. The third-order valence-corrected chi connectivity index (χ3v) is 5.27. The number of rotatable bonds is 8. The van der Waals surface area contributed by atoms with Crippen LogP contribution in [0.3, 0.4) is 0 Å². The summed E-state index contributed by atoms with van der Waals surface area (Å²) in [6.45, 7) is 5.72. The number of urea groups is 1. The van der Waals surface area contributed by atoms with E-state index in [0.717, 1.165) is 29.9 Å². The lowest BCUT2D eigenvalue weighted by Gasteiger charge is -2.22. The van der Waals surface area contributed by atoms with Crippen LogP contribution in [-0.4, -0.2) is 28.6 Å². The highest BCUT2D eigenvalue weighted by Crippen LogP contribution is 2.47. The second-order valence-electron chi connectivity index (χ2n) is 7.58. The number of pyridine rings is 1. The molecule has 2 atom stereocenters. The number of furan rings is 1. The van der Waals surface area contributed by atoms with Gasteiger partial charge in [0.25, 0.3) is 0 Å². The molecule has 144 valence electrons. The molecular formula is C21H27N3O3. The summed E-state index contributed by atoms with van der Waals surface area (Å²) in [4.78, 5) is 18.8. The fraction of sp³-hybridized carbons (Fsp3) is 0.524. The molecular weight excluding hydrogens is 342 g/mol. The minimum atomic E-state index is -0.0509. The highest BCUT2D eigenvalue weighted by atomic mass is 16.5. The average molecular weight is 369 g/mol. The highest BCUT2D eigenvalue weighted by Gasteiger charge is 2.37. The van der Waals surface area contributed by atoms with E-state index < -0.39 is 0 Å². The van der Waals surface area contributed by atoms with Crippen LogP contribution in [0.1, 0.15) is 56.1 Å². The smallest absolute Gasteiger partial charge is 0.318 e.